The number of piperidine rings is 1. The van der Waals surface area contributed by atoms with E-state index in [1.807, 2.05) is 38.3 Å². The van der Waals surface area contributed by atoms with Crippen LogP contribution in [0.15, 0.2) is 65.5 Å². The third kappa shape index (κ3) is 5.09. The van der Waals surface area contributed by atoms with Gasteiger partial charge in [-0.3, -0.25) is 13.9 Å². The lowest BCUT2D eigenvalue weighted by atomic mass is 9.85. The van der Waals surface area contributed by atoms with Crippen molar-refractivity contribution in [1.82, 2.24) is 18.9 Å². The topological polar surface area (TPSA) is 91.0 Å². The molecule has 7 rings (SSSR count). The maximum absolute atomic E-state index is 14.1. The molecule has 2 aliphatic carbocycles. The number of hydrogen-bond donors (Lipinski definition) is 1. The molecule has 9 heteroatoms. The molecule has 0 unspecified atom stereocenters. The van der Waals surface area contributed by atoms with Gasteiger partial charge in [-0.1, -0.05) is 36.4 Å². The molecule has 9 nitrogen and oxygen atoms in total. The predicted octanol–water partition coefficient (Wildman–Crippen LogP) is 4.37. The van der Waals surface area contributed by atoms with E-state index in [9.17, 15) is 19.5 Å². The van der Waals surface area contributed by atoms with Crippen molar-refractivity contribution in [2.24, 2.45) is 0 Å². The van der Waals surface area contributed by atoms with Crippen molar-refractivity contribution in [3.63, 3.8) is 0 Å². The van der Waals surface area contributed by atoms with Gasteiger partial charge in [-0.05, 0) is 87.4 Å². The van der Waals surface area contributed by atoms with Gasteiger partial charge in [0.15, 0.2) is 0 Å². The number of imidazole rings is 1. The maximum atomic E-state index is 14.1. The second kappa shape index (κ2) is 11.2. The Morgan fingerprint density at radius 1 is 0.977 bits per heavy atom. The SMILES string of the molecule is O=C(O)c1cccc(CN2CN(c3ccccc3)C3(CCN(CCCn4c5c(n(C6CC6)c4=O)C=CCC5)CC3)C2=O)c1. The van der Waals surface area contributed by atoms with Crippen LogP contribution in [-0.4, -0.2) is 67.8 Å². The molecule has 3 aromatic rings. The zero-order valence-corrected chi connectivity index (χ0v) is 24.5. The molecule has 1 amide bonds. The Hall–Kier alpha value is -4.11. The first-order valence-electron chi connectivity index (χ1n) is 15.6. The molecule has 1 N–H and O–H groups in total. The number of carbonyl (C=O) groups excluding carboxylic acids is 1. The number of nitrogens with zero attached hydrogens (tertiary/aromatic N) is 5. The fourth-order valence-electron chi connectivity index (χ4n) is 7.34. The Bertz CT molecular complexity index is 1610. The van der Waals surface area contributed by atoms with Crippen molar-refractivity contribution in [2.45, 2.75) is 69.6 Å². The number of carboxylic acids is 1. The van der Waals surface area contributed by atoms with Crippen molar-refractivity contribution in [3.05, 3.63) is 93.7 Å². The van der Waals surface area contributed by atoms with Crippen molar-refractivity contribution >= 4 is 23.6 Å². The van der Waals surface area contributed by atoms with Crippen LogP contribution in [0.5, 0.6) is 0 Å². The van der Waals surface area contributed by atoms with Crippen LogP contribution in [0.3, 0.4) is 0 Å². The average molecular weight is 582 g/mol. The van der Waals surface area contributed by atoms with Crippen LogP contribution in [0.4, 0.5) is 5.69 Å². The number of hydrogen-bond acceptors (Lipinski definition) is 5. The number of para-hydroxylation sites is 1. The first-order chi connectivity index (χ1) is 20.9. The molecule has 43 heavy (non-hydrogen) atoms. The molecule has 2 aromatic carbocycles. The van der Waals surface area contributed by atoms with Crippen molar-refractivity contribution < 1.29 is 14.7 Å². The number of fused-ring (bicyclic) bond motifs is 1. The minimum Gasteiger partial charge on any atom is -0.478 e. The normalized spacial score (nSPS) is 19.8. The summed E-state index contributed by atoms with van der Waals surface area (Å²) >= 11 is 0. The molecule has 0 atom stereocenters. The molecule has 0 bridgehead atoms. The summed E-state index contributed by atoms with van der Waals surface area (Å²) in [6.45, 7) is 4.11. The van der Waals surface area contributed by atoms with Crippen LogP contribution in [0.25, 0.3) is 6.08 Å². The molecule has 224 valence electrons. The summed E-state index contributed by atoms with van der Waals surface area (Å²) in [5.74, 6) is -0.851. The number of benzene rings is 2. The van der Waals surface area contributed by atoms with E-state index < -0.39 is 11.5 Å². The first-order valence-corrected chi connectivity index (χ1v) is 15.6. The maximum Gasteiger partial charge on any atom is 0.335 e. The Morgan fingerprint density at radius 3 is 2.51 bits per heavy atom. The number of allylic oxidation sites excluding steroid dienone is 1. The lowest BCUT2D eigenvalue weighted by Gasteiger charge is -2.43. The highest BCUT2D eigenvalue weighted by Crippen LogP contribution is 2.40. The summed E-state index contributed by atoms with van der Waals surface area (Å²) in [4.78, 5) is 45.5. The van der Waals surface area contributed by atoms with E-state index in [0.29, 0.717) is 19.3 Å². The number of amides is 1. The standard InChI is InChI=1S/C34H39N5O4/c40-31(41)26-9-6-8-25(22-26)23-36-24-38(27-10-2-1-3-11-27)34(32(36)42)16-20-35(21-17-34)18-7-19-37-29-12-4-5-13-30(29)39(33(37)43)28-14-15-28/h1-3,5-6,8-11,13,22,28H,4,7,12,14-21,23-24H2,(H,40,41). The number of anilines is 1. The van der Waals surface area contributed by atoms with Gasteiger partial charge in [-0.15, -0.1) is 0 Å². The van der Waals surface area contributed by atoms with Gasteiger partial charge in [0.25, 0.3) is 0 Å². The quantitative estimate of drug-likeness (QED) is 0.404. The van der Waals surface area contributed by atoms with Gasteiger partial charge >= 0.3 is 11.7 Å². The number of rotatable bonds is 9. The summed E-state index contributed by atoms with van der Waals surface area (Å²) < 4.78 is 4.06. The largest absolute Gasteiger partial charge is 0.478 e. The zero-order chi connectivity index (χ0) is 29.6. The first kappa shape index (κ1) is 27.7. The smallest absolute Gasteiger partial charge is 0.335 e. The molecule has 1 aromatic heterocycles. The van der Waals surface area contributed by atoms with E-state index in [1.54, 1.807) is 18.2 Å². The lowest BCUT2D eigenvalue weighted by molar-refractivity contribution is -0.134. The summed E-state index contributed by atoms with van der Waals surface area (Å²) in [6.07, 6.45) is 10.8. The Balaban J connectivity index is 1.04. The molecule has 2 aliphatic heterocycles. The van der Waals surface area contributed by atoms with E-state index in [4.69, 9.17) is 0 Å². The lowest BCUT2D eigenvalue weighted by Crippen LogP contribution is -2.56. The predicted molar refractivity (Wildman–Crippen MR) is 165 cm³/mol. The molecular weight excluding hydrogens is 542 g/mol. The molecular formula is C34H39N5O4. The zero-order valence-electron chi connectivity index (χ0n) is 24.5. The van der Waals surface area contributed by atoms with Gasteiger partial charge in [0.05, 0.1) is 17.9 Å². The summed E-state index contributed by atoms with van der Waals surface area (Å²) in [5, 5.41) is 9.44. The van der Waals surface area contributed by atoms with Gasteiger partial charge in [0.2, 0.25) is 5.91 Å². The molecule has 1 spiro atoms. The minimum atomic E-state index is -0.966. The van der Waals surface area contributed by atoms with Crippen LogP contribution >= 0.6 is 0 Å². The number of aromatic carboxylic acids is 1. The van der Waals surface area contributed by atoms with Crippen molar-refractivity contribution in [3.8, 4) is 0 Å². The Labute approximate surface area is 251 Å². The number of likely N-dealkylation sites (tertiary alicyclic amines) is 1. The fraction of sp³-hybridized carbons (Fsp3) is 0.441. The summed E-state index contributed by atoms with van der Waals surface area (Å²) in [5.41, 5.74) is 3.94. The minimum absolute atomic E-state index is 0.115. The Morgan fingerprint density at radius 2 is 1.77 bits per heavy atom. The molecule has 2 saturated heterocycles. The molecule has 1 saturated carbocycles. The summed E-state index contributed by atoms with van der Waals surface area (Å²) in [6, 6.07) is 17.4. The van der Waals surface area contributed by atoms with E-state index in [-0.39, 0.29) is 17.2 Å². The average Bonchev–Trinajstić information content (AvgIpc) is 3.78. The van der Waals surface area contributed by atoms with Crippen LogP contribution in [0.1, 0.15) is 71.9 Å². The second-order valence-corrected chi connectivity index (χ2v) is 12.4. The van der Waals surface area contributed by atoms with Gasteiger partial charge in [-0.2, -0.15) is 0 Å². The van der Waals surface area contributed by atoms with E-state index in [2.05, 4.69) is 34.1 Å². The highest BCUT2D eigenvalue weighted by atomic mass is 16.4. The van der Waals surface area contributed by atoms with Crippen molar-refractivity contribution in [2.75, 3.05) is 31.2 Å². The third-order valence-electron chi connectivity index (χ3n) is 9.72. The van der Waals surface area contributed by atoms with E-state index in [0.717, 1.165) is 88.1 Å². The Kier molecular flexibility index (Phi) is 7.21. The molecule has 3 heterocycles. The highest BCUT2D eigenvalue weighted by Gasteiger charge is 2.53. The van der Waals surface area contributed by atoms with E-state index in [1.165, 1.54) is 5.69 Å². The van der Waals surface area contributed by atoms with Gasteiger partial charge < -0.3 is 19.8 Å². The molecule has 4 aliphatic rings. The molecule has 3 fully saturated rings. The molecule has 0 radical (unpaired) electrons. The van der Waals surface area contributed by atoms with Gasteiger partial charge in [0, 0.05) is 43.6 Å². The van der Waals surface area contributed by atoms with Crippen LogP contribution in [0.2, 0.25) is 0 Å². The number of carbonyl (C=O) groups is 2. The van der Waals surface area contributed by atoms with Gasteiger partial charge in [0.1, 0.15) is 5.54 Å². The summed E-state index contributed by atoms with van der Waals surface area (Å²) in [7, 11) is 0. The third-order valence-corrected chi connectivity index (χ3v) is 9.72. The number of carboxylic acid groups (broad SMARTS) is 1. The number of aromatic nitrogens is 2. The van der Waals surface area contributed by atoms with Crippen molar-refractivity contribution in [1.29, 1.82) is 0 Å². The monoisotopic (exact) mass is 581 g/mol. The van der Waals surface area contributed by atoms with Crippen LogP contribution < -0.4 is 10.6 Å². The fourth-order valence-corrected chi connectivity index (χ4v) is 7.34. The van der Waals surface area contributed by atoms with Crippen LogP contribution in [0, 0.1) is 0 Å². The van der Waals surface area contributed by atoms with Gasteiger partial charge in [-0.25, -0.2) is 9.59 Å². The van der Waals surface area contributed by atoms with Crippen LogP contribution in [-0.2, 0) is 24.3 Å². The highest BCUT2D eigenvalue weighted by molar-refractivity contribution is 5.93. The second-order valence-electron chi connectivity index (χ2n) is 12.4. The van der Waals surface area contributed by atoms with E-state index >= 15 is 0 Å².